The zero-order valence-electron chi connectivity index (χ0n) is 14.9. The van der Waals surface area contributed by atoms with Crippen molar-refractivity contribution in [3.05, 3.63) is 58.9 Å². The maximum atomic E-state index is 13.6. The normalized spacial score (nSPS) is 11.4. The van der Waals surface area contributed by atoms with Gasteiger partial charge in [-0.15, -0.1) is 0 Å². The molecule has 0 spiro atoms. The number of hydrogen-bond donors (Lipinski definition) is 1. The molecule has 146 valence electrons. The van der Waals surface area contributed by atoms with Crippen LogP contribution >= 0.6 is 11.6 Å². The van der Waals surface area contributed by atoms with Crippen molar-refractivity contribution in [1.29, 1.82) is 0 Å². The molecule has 0 bridgehead atoms. The molecule has 0 unspecified atom stereocenters. The van der Waals surface area contributed by atoms with E-state index in [4.69, 9.17) is 16.3 Å². The molecule has 27 heavy (non-hydrogen) atoms. The van der Waals surface area contributed by atoms with E-state index >= 15 is 0 Å². The molecular formula is C18H20ClFN2O4S. The highest BCUT2D eigenvalue weighted by Crippen LogP contribution is 2.27. The summed E-state index contributed by atoms with van der Waals surface area (Å²) >= 11 is 6.03. The van der Waals surface area contributed by atoms with E-state index in [1.807, 2.05) is 0 Å². The van der Waals surface area contributed by atoms with Crippen LogP contribution in [0, 0.1) is 5.82 Å². The Kier molecular flexibility index (Phi) is 7.18. The third-order valence-electron chi connectivity index (χ3n) is 3.85. The quantitative estimate of drug-likeness (QED) is 0.720. The van der Waals surface area contributed by atoms with Gasteiger partial charge in [0.1, 0.15) is 16.5 Å². The number of benzene rings is 2. The smallest absolute Gasteiger partial charge is 0.247 e. The number of halogens is 2. The first-order valence-electron chi connectivity index (χ1n) is 8.13. The molecule has 0 aliphatic carbocycles. The van der Waals surface area contributed by atoms with E-state index in [2.05, 4.69) is 5.32 Å². The van der Waals surface area contributed by atoms with Crippen LogP contribution in [-0.2, 0) is 21.4 Å². The zero-order chi connectivity index (χ0) is 20.0. The van der Waals surface area contributed by atoms with Crippen LogP contribution in [0.4, 0.5) is 4.39 Å². The molecule has 2 rings (SSSR count). The standard InChI is InChI=1S/C18H20ClFN2O4S/c1-3-22(12-18(23)21-11-13-6-4-5-7-15(13)19)27(24,25)17-10-14(20)8-9-16(17)26-2/h4-10H,3,11-12H2,1-2H3,(H,21,23). The van der Waals surface area contributed by atoms with E-state index in [0.29, 0.717) is 10.6 Å². The Bertz CT molecular complexity index is 921. The molecule has 2 aromatic carbocycles. The summed E-state index contributed by atoms with van der Waals surface area (Å²) in [6, 6.07) is 10.2. The number of likely N-dealkylation sites (N-methyl/N-ethyl adjacent to an activating group) is 1. The van der Waals surface area contributed by atoms with Crippen LogP contribution in [0.2, 0.25) is 5.02 Å². The Balaban J connectivity index is 2.15. The lowest BCUT2D eigenvalue weighted by Gasteiger charge is -2.21. The SMILES string of the molecule is CCN(CC(=O)NCc1ccccc1Cl)S(=O)(=O)c1cc(F)ccc1OC. The van der Waals surface area contributed by atoms with E-state index in [1.54, 1.807) is 31.2 Å². The van der Waals surface area contributed by atoms with Crippen LogP contribution in [0.25, 0.3) is 0 Å². The maximum absolute atomic E-state index is 13.6. The molecule has 6 nitrogen and oxygen atoms in total. The summed E-state index contributed by atoms with van der Waals surface area (Å²) in [5, 5.41) is 3.14. The molecule has 1 amide bonds. The summed E-state index contributed by atoms with van der Waals surface area (Å²) in [4.78, 5) is 11.9. The number of methoxy groups -OCH3 is 1. The molecule has 9 heteroatoms. The van der Waals surface area contributed by atoms with Gasteiger partial charge in [-0.1, -0.05) is 36.7 Å². The van der Waals surface area contributed by atoms with Gasteiger partial charge in [0.2, 0.25) is 15.9 Å². The number of nitrogens with one attached hydrogen (secondary N) is 1. The second-order valence-electron chi connectivity index (χ2n) is 5.59. The van der Waals surface area contributed by atoms with Gasteiger partial charge in [-0.05, 0) is 29.8 Å². The first-order valence-corrected chi connectivity index (χ1v) is 9.95. The number of sulfonamides is 1. The Morgan fingerprint density at radius 2 is 1.96 bits per heavy atom. The van der Waals surface area contributed by atoms with Gasteiger partial charge in [0.25, 0.3) is 0 Å². The second kappa shape index (κ2) is 9.16. The van der Waals surface area contributed by atoms with Gasteiger partial charge in [0.15, 0.2) is 0 Å². The highest BCUT2D eigenvalue weighted by atomic mass is 35.5. The average Bonchev–Trinajstić information content (AvgIpc) is 2.65. The topological polar surface area (TPSA) is 75.7 Å². The van der Waals surface area contributed by atoms with Crippen molar-refractivity contribution in [3.63, 3.8) is 0 Å². The van der Waals surface area contributed by atoms with Crippen molar-refractivity contribution in [2.24, 2.45) is 0 Å². The van der Waals surface area contributed by atoms with Crippen LogP contribution in [0.5, 0.6) is 5.75 Å². The Morgan fingerprint density at radius 1 is 1.26 bits per heavy atom. The Hall–Kier alpha value is -2.16. The zero-order valence-corrected chi connectivity index (χ0v) is 16.5. The van der Waals surface area contributed by atoms with Crippen LogP contribution in [0.3, 0.4) is 0 Å². The largest absolute Gasteiger partial charge is 0.495 e. The molecule has 0 aliphatic heterocycles. The monoisotopic (exact) mass is 414 g/mol. The molecule has 0 saturated carbocycles. The predicted molar refractivity (Wildman–Crippen MR) is 101 cm³/mol. The third-order valence-corrected chi connectivity index (χ3v) is 6.16. The maximum Gasteiger partial charge on any atom is 0.247 e. The number of nitrogens with zero attached hydrogens (tertiary/aromatic N) is 1. The van der Waals surface area contributed by atoms with E-state index in [9.17, 15) is 17.6 Å². The number of carbonyl (C=O) groups excluding carboxylic acids is 1. The van der Waals surface area contributed by atoms with Gasteiger partial charge >= 0.3 is 0 Å². The fourth-order valence-corrected chi connectivity index (χ4v) is 4.18. The van der Waals surface area contributed by atoms with Crippen molar-refractivity contribution in [1.82, 2.24) is 9.62 Å². The number of hydrogen-bond acceptors (Lipinski definition) is 4. The minimum absolute atomic E-state index is 0.00586. The van der Waals surface area contributed by atoms with E-state index in [1.165, 1.54) is 13.2 Å². The minimum atomic E-state index is -4.12. The lowest BCUT2D eigenvalue weighted by molar-refractivity contribution is -0.121. The summed E-state index contributed by atoms with van der Waals surface area (Å²) in [6.07, 6.45) is 0. The third kappa shape index (κ3) is 5.18. The summed E-state index contributed by atoms with van der Waals surface area (Å²) in [7, 11) is -2.83. The van der Waals surface area contributed by atoms with Crippen LogP contribution < -0.4 is 10.1 Å². The lowest BCUT2D eigenvalue weighted by Crippen LogP contribution is -2.40. The van der Waals surface area contributed by atoms with Crippen molar-refractivity contribution >= 4 is 27.5 Å². The number of ether oxygens (including phenoxy) is 1. The van der Waals surface area contributed by atoms with Gasteiger partial charge in [0.05, 0.1) is 13.7 Å². The van der Waals surface area contributed by atoms with Crippen LogP contribution in [0.15, 0.2) is 47.4 Å². The van der Waals surface area contributed by atoms with Crippen molar-refractivity contribution in [3.8, 4) is 5.75 Å². The van der Waals surface area contributed by atoms with Gasteiger partial charge in [0, 0.05) is 18.1 Å². The van der Waals surface area contributed by atoms with E-state index < -0.39 is 28.3 Å². The summed E-state index contributed by atoms with van der Waals surface area (Å²) in [6.45, 7) is 1.37. The summed E-state index contributed by atoms with van der Waals surface area (Å²) < 4.78 is 45.2. The molecule has 0 radical (unpaired) electrons. The molecule has 0 atom stereocenters. The van der Waals surface area contributed by atoms with Crippen LogP contribution in [0.1, 0.15) is 12.5 Å². The first kappa shape index (κ1) is 21.1. The number of amides is 1. The number of carbonyl (C=O) groups is 1. The van der Waals surface area contributed by atoms with Crippen molar-refractivity contribution in [2.75, 3.05) is 20.2 Å². The number of rotatable bonds is 8. The molecule has 2 aromatic rings. The first-order chi connectivity index (χ1) is 12.8. The van der Waals surface area contributed by atoms with Crippen molar-refractivity contribution in [2.45, 2.75) is 18.4 Å². The molecule has 0 aromatic heterocycles. The van der Waals surface area contributed by atoms with Gasteiger partial charge in [-0.2, -0.15) is 4.31 Å². The molecule has 1 N–H and O–H groups in total. The Morgan fingerprint density at radius 3 is 2.59 bits per heavy atom. The van der Waals surface area contributed by atoms with Crippen LogP contribution in [-0.4, -0.2) is 38.8 Å². The summed E-state index contributed by atoms with van der Waals surface area (Å²) in [5.41, 5.74) is 0.713. The van der Waals surface area contributed by atoms with E-state index in [0.717, 1.165) is 16.4 Å². The van der Waals surface area contributed by atoms with E-state index in [-0.39, 0.29) is 23.7 Å². The fraction of sp³-hybridized carbons (Fsp3) is 0.278. The van der Waals surface area contributed by atoms with Gasteiger partial charge < -0.3 is 10.1 Å². The predicted octanol–water partition coefficient (Wildman–Crippen LogP) is 2.81. The van der Waals surface area contributed by atoms with Gasteiger partial charge in [-0.3, -0.25) is 4.79 Å². The van der Waals surface area contributed by atoms with Crippen molar-refractivity contribution < 1.29 is 22.3 Å². The highest BCUT2D eigenvalue weighted by Gasteiger charge is 2.28. The molecule has 0 heterocycles. The summed E-state index contributed by atoms with van der Waals surface area (Å²) in [5.74, 6) is -1.21. The lowest BCUT2D eigenvalue weighted by atomic mass is 10.2. The van der Waals surface area contributed by atoms with Gasteiger partial charge in [-0.25, -0.2) is 12.8 Å². The second-order valence-corrected chi connectivity index (χ2v) is 7.91. The fourth-order valence-electron chi connectivity index (χ4n) is 2.41. The average molecular weight is 415 g/mol. The molecule has 0 aliphatic rings. The molecule has 0 saturated heterocycles. The Labute approximate surface area is 162 Å². The highest BCUT2D eigenvalue weighted by molar-refractivity contribution is 7.89. The molecular weight excluding hydrogens is 395 g/mol. The molecule has 0 fully saturated rings. The minimum Gasteiger partial charge on any atom is -0.495 e.